The molecule has 5 rings (SSSR count). The van der Waals surface area contributed by atoms with Gasteiger partial charge in [-0.15, -0.1) is 5.10 Å². The molecule has 0 saturated heterocycles. The molecule has 0 unspecified atom stereocenters. The molecule has 0 aliphatic rings. The van der Waals surface area contributed by atoms with Crippen LogP contribution in [0.3, 0.4) is 0 Å². The summed E-state index contributed by atoms with van der Waals surface area (Å²) < 4.78 is 2.25. The third-order valence-corrected chi connectivity index (χ3v) is 7.57. The van der Waals surface area contributed by atoms with Gasteiger partial charge in [0, 0.05) is 43.6 Å². The first-order valence-electron chi connectivity index (χ1n) is 14.7. The molecule has 0 atom stereocenters. The van der Waals surface area contributed by atoms with Gasteiger partial charge in [0.25, 0.3) is 6.54 Å². The Morgan fingerprint density at radius 2 is 1.80 bits per heavy atom. The number of nitro groups is 1. The van der Waals surface area contributed by atoms with Crippen molar-refractivity contribution in [2.75, 3.05) is 40.8 Å². The molecule has 0 radical (unpaired) electrons. The number of nitrogens with one attached hydrogen (secondary N) is 1. The molecule has 2 heterocycles. The number of fused-ring (bicyclic) bond motifs is 1. The van der Waals surface area contributed by atoms with Gasteiger partial charge in [-0.2, -0.15) is 0 Å². The van der Waals surface area contributed by atoms with Crippen molar-refractivity contribution in [3.05, 3.63) is 87.7 Å². The molecule has 1 N–H and O–H groups in total. The van der Waals surface area contributed by atoms with Gasteiger partial charge >= 0.3 is 0 Å². The number of hydrogen-bond acceptors (Lipinski definition) is 8. The SMILES string of the molecule is CCCc1nc2c(C)cc(N=C(C[N+](=O)[O-])N(C)CCN(C)C)cc2n1Cc1ccc(-c2ccccc2-c2nnn[nH]2)cc1. The minimum Gasteiger partial charge on any atom is -0.356 e. The van der Waals surface area contributed by atoms with Gasteiger partial charge in [-0.3, -0.25) is 10.1 Å². The summed E-state index contributed by atoms with van der Waals surface area (Å²) in [4.78, 5) is 24.9. The lowest BCUT2D eigenvalue weighted by Gasteiger charge is -2.21. The minimum absolute atomic E-state index is 0.329. The Hall–Kier alpha value is -4.97. The maximum absolute atomic E-state index is 11.5. The molecule has 0 fully saturated rings. The standard InChI is InChI=1S/C32H38N10O2/c1-6-9-29-34-31-22(2)18-25(33-30(21-42(43)44)40(5)17-16-39(3)4)19-28(31)41(29)20-23-12-14-24(15-13-23)26-10-7-8-11-27(26)32-35-37-38-36-32/h7-8,10-15,18-19H,6,9,16-17,20-21H2,1-5H3,(H,35,36,37,38). The Morgan fingerprint density at radius 1 is 1.05 bits per heavy atom. The van der Waals surface area contributed by atoms with Crippen molar-refractivity contribution in [3.8, 4) is 22.5 Å². The highest BCUT2D eigenvalue weighted by Gasteiger charge is 2.18. The normalized spacial score (nSPS) is 11.9. The summed E-state index contributed by atoms with van der Waals surface area (Å²) in [5, 5.41) is 25.9. The summed E-state index contributed by atoms with van der Waals surface area (Å²) in [6.45, 7) is 5.86. The monoisotopic (exact) mass is 594 g/mol. The first-order chi connectivity index (χ1) is 21.2. The van der Waals surface area contributed by atoms with E-state index in [2.05, 4.69) is 62.4 Å². The molecule has 0 amide bonds. The van der Waals surface area contributed by atoms with E-state index in [-0.39, 0.29) is 11.5 Å². The molecular weight excluding hydrogens is 556 g/mol. The van der Waals surface area contributed by atoms with Crippen LogP contribution >= 0.6 is 0 Å². The molecule has 12 nitrogen and oxygen atoms in total. The highest BCUT2D eigenvalue weighted by molar-refractivity contribution is 5.89. The lowest BCUT2D eigenvalue weighted by atomic mass is 9.98. The first kappa shape index (κ1) is 30.5. The third-order valence-electron chi connectivity index (χ3n) is 7.57. The number of aryl methyl sites for hydroxylation is 2. The maximum atomic E-state index is 11.5. The average Bonchev–Trinajstić information content (AvgIpc) is 3.65. The maximum Gasteiger partial charge on any atom is 0.260 e. The second kappa shape index (κ2) is 13.6. The van der Waals surface area contributed by atoms with Crippen LogP contribution in [0.1, 0.15) is 30.3 Å². The summed E-state index contributed by atoms with van der Waals surface area (Å²) in [5.74, 6) is 2.05. The van der Waals surface area contributed by atoms with Gasteiger partial charge in [-0.05, 0) is 72.3 Å². The zero-order chi connectivity index (χ0) is 31.2. The number of imidazole rings is 1. The molecule has 2 aromatic heterocycles. The number of likely N-dealkylation sites (N-methyl/N-ethyl adjacent to an activating group) is 2. The molecule has 44 heavy (non-hydrogen) atoms. The van der Waals surface area contributed by atoms with Crippen molar-refractivity contribution in [3.63, 3.8) is 0 Å². The fourth-order valence-electron chi connectivity index (χ4n) is 5.25. The van der Waals surface area contributed by atoms with Gasteiger partial charge in [0.2, 0.25) is 0 Å². The molecule has 0 spiro atoms. The van der Waals surface area contributed by atoms with Crippen LogP contribution in [0.25, 0.3) is 33.5 Å². The van der Waals surface area contributed by atoms with Crippen LogP contribution in [0.4, 0.5) is 5.69 Å². The van der Waals surface area contributed by atoms with Crippen LogP contribution in [0.15, 0.2) is 65.7 Å². The van der Waals surface area contributed by atoms with E-state index in [4.69, 9.17) is 9.98 Å². The van der Waals surface area contributed by atoms with Crippen molar-refractivity contribution < 1.29 is 4.92 Å². The number of rotatable bonds is 12. The molecule has 228 valence electrons. The molecule has 0 aliphatic carbocycles. The Kier molecular flexibility index (Phi) is 9.39. The molecule has 0 bridgehead atoms. The smallest absolute Gasteiger partial charge is 0.260 e. The van der Waals surface area contributed by atoms with Gasteiger partial charge in [0.15, 0.2) is 11.7 Å². The van der Waals surface area contributed by atoms with E-state index >= 15 is 0 Å². The van der Waals surface area contributed by atoms with Gasteiger partial charge in [-0.25, -0.2) is 15.1 Å². The average molecular weight is 595 g/mol. The van der Waals surface area contributed by atoms with Crippen LogP contribution in [0.5, 0.6) is 0 Å². The van der Waals surface area contributed by atoms with Gasteiger partial charge < -0.3 is 14.4 Å². The van der Waals surface area contributed by atoms with Crippen LogP contribution < -0.4 is 0 Å². The number of H-pyrrole nitrogens is 1. The van der Waals surface area contributed by atoms with E-state index in [0.717, 1.165) is 64.1 Å². The van der Waals surface area contributed by atoms with Crippen molar-refractivity contribution in [1.82, 2.24) is 40.0 Å². The molecule has 3 aromatic carbocycles. The molecular formula is C32H38N10O2. The lowest BCUT2D eigenvalue weighted by molar-refractivity contribution is -0.464. The van der Waals surface area contributed by atoms with Crippen LogP contribution in [-0.2, 0) is 13.0 Å². The van der Waals surface area contributed by atoms with E-state index in [9.17, 15) is 10.1 Å². The number of tetrazole rings is 1. The quantitative estimate of drug-likeness (QED) is 0.0924. The first-order valence-corrected chi connectivity index (χ1v) is 14.7. The summed E-state index contributed by atoms with van der Waals surface area (Å²) in [7, 11) is 5.81. The number of aromatic amines is 1. The Balaban J connectivity index is 1.50. The van der Waals surface area contributed by atoms with E-state index < -0.39 is 0 Å². The number of aliphatic imine (C=N–C) groups is 1. The molecule has 5 aromatic rings. The fourth-order valence-corrected chi connectivity index (χ4v) is 5.25. The highest BCUT2D eigenvalue weighted by atomic mass is 16.6. The highest BCUT2D eigenvalue weighted by Crippen LogP contribution is 2.31. The van der Waals surface area contributed by atoms with E-state index in [1.54, 1.807) is 0 Å². The third kappa shape index (κ3) is 6.97. The summed E-state index contributed by atoms with van der Waals surface area (Å²) >= 11 is 0. The largest absolute Gasteiger partial charge is 0.356 e. The molecule has 12 heteroatoms. The van der Waals surface area contributed by atoms with Gasteiger partial charge in [-0.1, -0.05) is 55.5 Å². The summed E-state index contributed by atoms with van der Waals surface area (Å²) in [5.41, 5.74) is 7.73. The van der Waals surface area contributed by atoms with Crippen LogP contribution in [-0.4, -0.2) is 91.5 Å². The zero-order valence-electron chi connectivity index (χ0n) is 25.9. The number of aromatic nitrogens is 6. The fraction of sp³-hybridized carbons (Fsp3) is 0.344. The Bertz CT molecular complexity index is 1760. The number of hydrogen-bond donors (Lipinski definition) is 1. The van der Waals surface area contributed by atoms with Crippen LogP contribution in [0, 0.1) is 17.0 Å². The molecule has 0 aliphatic heterocycles. The van der Waals surface area contributed by atoms with Crippen molar-refractivity contribution in [2.24, 2.45) is 4.99 Å². The van der Waals surface area contributed by atoms with Crippen LogP contribution in [0.2, 0.25) is 0 Å². The van der Waals surface area contributed by atoms with Crippen molar-refractivity contribution in [1.29, 1.82) is 0 Å². The zero-order valence-corrected chi connectivity index (χ0v) is 25.9. The van der Waals surface area contributed by atoms with Gasteiger partial charge in [0.1, 0.15) is 5.82 Å². The molecule has 0 saturated carbocycles. The number of benzene rings is 3. The summed E-state index contributed by atoms with van der Waals surface area (Å²) in [6, 6.07) is 20.5. The Morgan fingerprint density at radius 3 is 2.45 bits per heavy atom. The predicted octanol–water partition coefficient (Wildman–Crippen LogP) is 4.99. The lowest BCUT2D eigenvalue weighted by Crippen LogP contribution is -2.37. The van der Waals surface area contributed by atoms with E-state index in [1.165, 1.54) is 0 Å². The number of amidine groups is 1. The second-order valence-electron chi connectivity index (χ2n) is 11.2. The topological polar surface area (TPSA) is 134 Å². The Labute approximate surface area is 256 Å². The van der Waals surface area contributed by atoms with Crippen molar-refractivity contribution in [2.45, 2.75) is 33.2 Å². The minimum atomic E-state index is -0.343. The predicted molar refractivity (Wildman–Crippen MR) is 173 cm³/mol. The van der Waals surface area contributed by atoms with Gasteiger partial charge in [0.05, 0.1) is 16.7 Å². The van der Waals surface area contributed by atoms with Crippen molar-refractivity contribution >= 4 is 22.6 Å². The summed E-state index contributed by atoms with van der Waals surface area (Å²) in [6.07, 6.45) is 1.80. The number of nitrogens with zero attached hydrogens (tertiary/aromatic N) is 9. The second-order valence-corrected chi connectivity index (χ2v) is 11.2. The van der Waals surface area contributed by atoms with E-state index in [0.29, 0.717) is 30.4 Å². The van der Waals surface area contributed by atoms with E-state index in [1.807, 2.05) is 68.2 Å².